The summed E-state index contributed by atoms with van der Waals surface area (Å²) in [5.74, 6) is -0.174. The minimum absolute atomic E-state index is 0.129. The molecule has 182 valence electrons. The van der Waals surface area contributed by atoms with Crippen LogP contribution in [0.3, 0.4) is 0 Å². The highest BCUT2D eigenvalue weighted by Crippen LogP contribution is 2.66. The van der Waals surface area contributed by atoms with Crippen molar-refractivity contribution >= 4 is 11.8 Å². The summed E-state index contributed by atoms with van der Waals surface area (Å²) in [6.45, 7) is 7.19. The Morgan fingerprint density at radius 3 is 2.34 bits per heavy atom. The number of carbonyl (C=O) groups excluding carboxylic acids is 2. The van der Waals surface area contributed by atoms with E-state index in [0.29, 0.717) is 30.2 Å². The van der Waals surface area contributed by atoms with Crippen LogP contribution in [0.5, 0.6) is 0 Å². The maximum Gasteiger partial charge on any atom is 0.393 e. The van der Waals surface area contributed by atoms with Crippen molar-refractivity contribution < 1.29 is 22.8 Å². The molecule has 1 N–H and O–H groups in total. The van der Waals surface area contributed by atoms with Crippen LogP contribution in [0.2, 0.25) is 0 Å². The Labute approximate surface area is 190 Å². The van der Waals surface area contributed by atoms with Crippen molar-refractivity contribution in [2.45, 2.75) is 97.3 Å². The predicted octanol–water partition coefficient (Wildman–Crippen LogP) is 5.17. The molecule has 0 radical (unpaired) electrons. The van der Waals surface area contributed by atoms with Gasteiger partial charge in [-0.2, -0.15) is 13.2 Å². The molecular weight excluding hydrogens is 417 g/mol. The van der Waals surface area contributed by atoms with Gasteiger partial charge in [0.1, 0.15) is 0 Å². The molecule has 4 nitrogen and oxygen atoms in total. The molecule has 2 amide bonds. The van der Waals surface area contributed by atoms with Crippen molar-refractivity contribution in [1.82, 2.24) is 10.2 Å². The van der Waals surface area contributed by atoms with Gasteiger partial charge >= 0.3 is 6.18 Å². The zero-order chi connectivity index (χ0) is 23.6. The average Bonchev–Trinajstić information content (AvgIpc) is 3.07. The lowest BCUT2D eigenvalue weighted by Gasteiger charge is -2.61. The van der Waals surface area contributed by atoms with E-state index >= 15 is 0 Å². The van der Waals surface area contributed by atoms with Gasteiger partial charge in [0.05, 0.1) is 5.92 Å². The van der Waals surface area contributed by atoms with E-state index in [1.54, 1.807) is 0 Å². The third-order valence-corrected chi connectivity index (χ3v) is 10.5. The SMILES string of the molecule is CC(NC(=O)C1CC[C@H]2[C@@H]3CCC4N(C)C(=O)CC[C@]4(C)[C@@H]3CC[C@]12C)C(C)C(F)(F)F. The molecule has 0 aromatic heterocycles. The number of piperidine rings is 1. The highest BCUT2D eigenvalue weighted by molar-refractivity contribution is 5.80. The van der Waals surface area contributed by atoms with E-state index < -0.39 is 18.1 Å². The first-order valence-corrected chi connectivity index (χ1v) is 12.4. The Morgan fingerprint density at radius 2 is 1.69 bits per heavy atom. The van der Waals surface area contributed by atoms with Crippen LogP contribution < -0.4 is 5.32 Å². The standard InChI is InChI=1S/C25H39F3N2O2/c1-14(25(26,27)28)15(2)29-22(32)19-8-7-17-16-6-9-20-24(4,13-11-21(31)30(20)5)18(16)10-12-23(17,19)3/h14-20H,6-13H2,1-5H3,(H,29,32)/t14?,15?,16-,17-,18+,19?,20?,23-,24+/m0/s1. The lowest BCUT2D eigenvalue weighted by Crippen LogP contribution is -2.61. The van der Waals surface area contributed by atoms with Crippen LogP contribution in [-0.4, -0.2) is 42.0 Å². The molecule has 1 heterocycles. The van der Waals surface area contributed by atoms with Gasteiger partial charge in [0.15, 0.2) is 0 Å². The molecule has 0 aromatic rings. The van der Waals surface area contributed by atoms with Gasteiger partial charge in [0.25, 0.3) is 0 Å². The zero-order valence-corrected chi connectivity index (χ0v) is 20.1. The second-order valence-corrected chi connectivity index (χ2v) is 11.8. The molecule has 0 bridgehead atoms. The highest BCUT2D eigenvalue weighted by Gasteiger charge is 2.62. The first kappa shape index (κ1) is 23.9. The topological polar surface area (TPSA) is 49.4 Å². The summed E-state index contributed by atoms with van der Waals surface area (Å²) in [4.78, 5) is 27.5. The van der Waals surface area contributed by atoms with Gasteiger partial charge in [-0.15, -0.1) is 0 Å². The van der Waals surface area contributed by atoms with Crippen molar-refractivity contribution in [2.24, 2.45) is 40.4 Å². The third-order valence-electron chi connectivity index (χ3n) is 10.5. The zero-order valence-electron chi connectivity index (χ0n) is 20.1. The van der Waals surface area contributed by atoms with Gasteiger partial charge in [0, 0.05) is 31.5 Å². The van der Waals surface area contributed by atoms with Crippen molar-refractivity contribution in [1.29, 1.82) is 0 Å². The van der Waals surface area contributed by atoms with E-state index in [9.17, 15) is 22.8 Å². The summed E-state index contributed by atoms with van der Waals surface area (Å²) in [7, 11) is 1.96. The minimum atomic E-state index is -4.31. The normalized spacial score (nSPS) is 43.7. The van der Waals surface area contributed by atoms with Crippen molar-refractivity contribution in [3.8, 4) is 0 Å². The fourth-order valence-corrected chi connectivity index (χ4v) is 8.31. The summed E-state index contributed by atoms with van der Waals surface area (Å²) in [5, 5.41) is 2.72. The van der Waals surface area contributed by atoms with Crippen molar-refractivity contribution in [2.75, 3.05) is 7.05 Å². The second-order valence-electron chi connectivity index (χ2n) is 11.8. The molecule has 32 heavy (non-hydrogen) atoms. The number of fused-ring (bicyclic) bond motifs is 5. The number of halogens is 3. The van der Waals surface area contributed by atoms with Crippen LogP contribution >= 0.6 is 0 Å². The molecule has 1 aliphatic heterocycles. The predicted molar refractivity (Wildman–Crippen MR) is 116 cm³/mol. The first-order chi connectivity index (χ1) is 14.8. The summed E-state index contributed by atoms with van der Waals surface area (Å²) in [6.07, 6.45) is 3.09. The molecule has 4 rings (SSSR count). The number of hydrogen-bond acceptors (Lipinski definition) is 2. The third kappa shape index (κ3) is 3.56. The Hall–Kier alpha value is -1.27. The largest absolute Gasteiger partial charge is 0.393 e. The number of alkyl halides is 3. The smallest absolute Gasteiger partial charge is 0.353 e. The fourth-order valence-electron chi connectivity index (χ4n) is 8.31. The van der Waals surface area contributed by atoms with Crippen LogP contribution in [0.4, 0.5) is 13.2 Å². The van der Waals surface area contributed by atoms with Crippen LogP contribution in [-0.2, 0) is 9.59 Å². The second kappa shape index (κ2) is 7.90. The Kier molecular flexibility index (Phi) is 5.89. The summed E-state index contributed by atoms with van der Waals surface area (Å²) in [6, 6.07) is -0.620. The summed E-state index contributed by atoms with van der Waals surface area (Å²) >= 11 is 0. The molecule has 0 aromatic carbocycles. The maximum atomic E-state index is 13.2. The Balaban J connectivity index is 1.50. The molecule has 4 unspecified atom stereocenters. The fraction of sp³-hybridized carbons (Fsp3) is 0.920. The van der Waals surface area contributed by atoms with Crippen LogP contribution in [0.1, 0.15) is 79.1 Å². The number of amides is 2. The van der Waals surface area contributed by atoms with Gasteiger partial charge in [-0.05, 0) is 80.5 Å². The quantitative estimate of drug-likeness (QED) is 0.637. The number of rotatable bonds is 3. The monoisotopic (exact) mass is 456 g/mol. The molecule has 3 aliphatic carbocycles. The van der Waals surface area contributed by atoms with Crippen LogP contribution in [0.25, 0.3) is 0 Å². The molecule has 9 atom stereocenters. The number of likely N-dealkylation sites (tertiary alicyclic amines) is 1. The number of nitrogens with one attached hydrogen (secondary N) is 1. The Bertz CT molecular complexity index is 771. The van der Waals surface area contributed by atoms with Crippen LogP contribution in [0.15, 0.2) is 0 Å². The molecule has 0 spiro atoms. The van der Waals surface area contributed by atoms with Gasteiger partial charge in [-0.1, -0.05) is 20.8 Å². The first-order valence-electron chi connectivity index (χ1n) is 12.4. The van der Waals surface area contributed by atoms with E-state index in [0.717, 1.165) is 51.9 Å². The van der Waals surface area contributed by atoms with Gasteiger partial charge in [-0.25, -0.2) is 0 Å². The molecule has 4 fully saturated rings. The van der Waals surface area contributed by atoms with Gasteiger partial charge in [-0.3, -0.25) is 9.59 Å². The lowest BCUT2D eigenvalue weighted by atomic mass is 9.47. The Morgan fingerprint density at radius 1 is 1.03 bits per heavy atom. The van der Waals surface area contributed by atoms with E-state index in [1.165, 1.54) is 6.92 Å². The van der Waals surface area contributed by atoms with Crippen LogP contribution in [0, 0.1) is 40.4 Å². The van der Waals surface area contributed by atoms with E-state index in [2.05, 4.69) is 19.2 Å². The number of carbonyl (C=O) groups is 2. The van der Waals surface area contributed by atoms with Gasteiger partial charge in [0.2, 0.25) is 11.8 Å². The average molecular weight is 457 g/mol. The number of nitrogens with zero attached hydrogens (tertiary/aromatic N) is 1. The summed E-state index contributed by atoms with van der Waals surface area (Å²) < 4.78 is 39.3. The summed E-state index contributed by atoms with van der Waals surface area (Å²) in [5.41, 5.74) is -0.0179. The van der Waals surface area contributed by atoms with Crippen molar-refractivity contribution in [3.05, 3.63) is 0 Å². The molecule has 1 saturated heterocycles. The minimum Gasteiger partial charge on any atom is -0.353 e. The molecule has 3 saturated carbocycles. The maximum absolute atomic E-state index is 13.2. The molecular formula is C25H39F3N2O2. The number of hydrogen-bond donors (Lipinski definition) is 1. The molecule has 7 heteroatoms. The van der Waals surface area contributed by atoms with E-state index in [4.69, 9.17) is 0 Å². The van der Waals surface area contributed by atoms with Crippen molar-refractivity contribution in [3.63, 3.8) is 0 Å². The highest BCUT2D eigenvalue weighted by atomic mass is 19.4. The van der Waals surface area contributed by atoms with Gasteiger partial charge < -0.3 is 10.2 Å². The van der Waals surface area contributed by atoms with E-state index in [1.807, 2.05) is 11.9 Å². The lowest BCUT2D eigenvalue weighted by molar-refractivity contribution is -0.177. The van der Waals surface area contributed by atoms with E-state index in [-0.39, 0.29) is 28.6 Å². The molecule has 4 aliphatic rings.